The van der Waals surface area contributed by atoms with E-state index in [-0.39, 0.29) is 17.9 Å². The van der Waals surface area contributed by atoms with Gasteiger partial charge in [0.05, 0.1) is 25.5 Å². The van der Waals surface area contributed by atoms with E-state index < -0.39 is 0 Å². The topological polar surface area (TPSA) is 69.0 Å². The Bertz CT molecular complexity index is 626. The third-order valence-corrected chi connectivity index (χ3v) is 3.88. The first kappa shape index (κ1) is 14.7. The zero-order valence-corrected chi connectivity index (χ0v) is 12.6. The molecule has 2 heterocycles. The number of ether oxygens (including phenoxy) is 1. The first-order valence-electron chi connectivity index (χ1n) is 7.54. The fourth-order valence-electron chi connectivity index (χ4n) is 2.47. The number of nitrogens with zero attached hydrogens (tertiary/aromatic N) is 3. The van der Waals surface area contributed by atoms with E-state index in [4.69, 9.17) is 4.74 Å². The van der Waals surface area contributed by atoms with Crippen LogP contribution in [0.4, 0.5) is 0 Å². The van der Waals surface area contributed by atoms with Gasteiger partial charge in [-0.05, 0) is 12.0 Å². The van der Waals surface area contributed by atoms with Gasteiger partial charge in [0, 0.05) is 12.5 Å². The van der Waals surface area contributed by atoms with Gasteiger partial charge in [0.25, 0.3) is 0 Å². The number of fused-ring (bicyclic) bond motifs is 2. The van der Waals surface area contributed by atoms with Crippen LogP contribution < -0.4 is 5.32 Å². The summed E-state index contributed by atoms with van der Waals surface area (Å²) in [5.41, 5.74) is 1.86. The summed E-state index contributed by atoms with van der Waals surface area (Å²) in [4.78, 5) is 12.4. The summed E-state index contributed by atoms with van der Waals surface area (Å²) in [6.45, 7) is 3.42. The summed E-state index contributed by atoms with van der Waals surface area (Å²) in [7, 11) is 0. The maximum absolute atomic E-state index is 12.4. The molecule has 0 saturated heterocycles. The van der Waals surface area contributed by atoms with Gasteiger partial charge in [-0.2, -0.15) is 0 Å². The van der Waals surface area contributed by atoms with E-state index in [0.717, 1.165) is 17.7 Å². The van der Waals surface area contributed by atoms with Gasteiger partial charge in [0.1, 0.15) is 5.69 Å². The minimum atomic E-state index is -0.148. The van der Waals surface area contributed by atoms with Crippen molar-refractivity contribution >= 4 is 5.91 Å². The lowest BCUT2D eigenvalue weighted by molar-refractivity contribution is -0.126. The minimum Gasteiger partial charge on any atom is -0.373 e. The molecular weight excluding hydrogens is 280 g/mol. The van der Waals surface area contributed by atoms with Gasteiger partial charge in [-0.25, -0.2) is 0 Å². The molecule has 1 aromatic carbocycles. The lowest BCUT2D eigenvalue weighted by Crippen LogP contribution is -2.35. The quantitative estimate of drug-likeness (QED) is 0.870. The molecule has 1 aromatic heterocycles. The molecule has 6 heteroatoms. The normalized spacial score (nSPS) is 23.2. The number of rotatable bonds is 1. The first-order valence-corrected chi connectivity index (χ1v) is 7.54. The van der Waals surface area contributed by atoms with Crippen LogP contribution in [-0.2, 0) is 22.7 Å². The lowest BCUT2D eigenvalue weighted by atomic mass is 10.0. The molecule has 1 amide bonds. The van der Waals surface area contributed by atoms with Crippen LogP contribution in [0, 0.1) is 5.92 Å². The molecule has 1 aliphatic heterocycles. The van der Waals surface area contributed by atoms with E-state index in [2.05, 4.69) is 15.6 Å². The highest BCUT2D eigenvalue weighted by Gasteiger charge is 2.20. The molecule has 1 aliphatic rings. The standard InChI is InChI=1S/C16H20N4O2/c1-12-7-8-20-9-14(18-19-20)10-22-11-15(17-16(12)21)13-5-3-2-4-6-13/h2-6,9,12,15H,7-8,10-11H2,1H3,(H,17,21)/t12-,15+/m1/s1. The molecule has 2 atom stereocenters. The van der Waals surface area contributed by atoms with E-state index >= 15 is 0 Å². The SMILES string of the molecule is C[C@@H]1CCn2cc(nn2)COC[C@@H](c2ccccc2)NC1=O. The van der Waals surface area contributed by atoms with Crippen LogP contribution in [0.25, 0.3) is 0 Å². The molecule has 1 N–H and O–H groups in total. The molecule has 0 fully saturated rings. The van der Waals surface area contributed by atoms with Crippen LogP contribution in [0.1, 0.15) is 30.6 Å². The highest BCUT2D eigenvalue weighted by Crippen LogP contribution is 2.16. The summed E-state index contributed by atoms with van der Waals surface area (Å²) < 4.78 is 7.49. The monoisotopic (exact) mass is 300 g/mol. The number of nitrogens with one attached hydrogen (secondary N) is 1. The Kier molecular flexibility index (Phi) is 4.48. The van der Waals surface area contributed by atoms with Gasteiger partial charge in [0.2, 0.25) is 5.91 Å². The van der Waals surface area contributed by atoms with E-state index in [1.807, 2.05) is 43.5 Å². The van der Waals surface area contributed by atoms with Crippen molar-refractivity contribution < 1.29 is 9.53 Å². The Labute approximate surface area is 129 Å². The highest BCUT2D eigenvalue weighted by atomic mass is 16.5. The van der Waals surface area contributed by atoms with Crippen molar-refractivity contribution in [2.75, 3.05) is 6.61 Å². The van der Waals surface area contributed by atoms with Crippen molar-refractivity contribution in [3.63, 3.8) is 0 Å². The van der Waals surface area contributed by atoms with Crippen molar-refractivity contribution in [1.29, 1.82) is 0 Å². The smallest absolute Gasteiger partial charge is 0.223 e. The number of amides is 1. The van der Waals surface area contributed by atoms with Gasteiger partial charge in [-0.1, -0.05) is 42.5 Å². The van der Waals surface area contributed by atoms with Crippen LogP contribution in [0.2, 0.25) is 0 Å². The third kappa shape index (κ3) is 3.51. The number of carbonyl (C=O) groups excluding carboxylic acids is 1. The minimum absolute atomic E-state index is 0.0402. The molecule has 22 heavy (non-hydrogen) atoms. The Morgan fingerprint density at radius 2 is 2.14 bits per heavy atom. The summed E-state index contributed by atoms with van der Waals surface area (Å²) >= 11 is 0. The summed E-state index contributed by atoms with van der Waals surface area (Å²) in [5, 5.41) is 11.2. The number of hydrogen-bond acceptors (Lipinski definition) is 4. The third-order valence-electron chi connectivity index (χ3n) is 3.88. The number of carbonyl (C=O) groups is 1. The first-order chi connectivity index (χ1) is 10.7. The largest absolute Gasteiger partial charge is 0.373 e. The fraction of sp³-hybridized carbons (Fsp3) is 0.438. The van der Waals surface area contributed by atoms with Gasteiger partial charge < -0.3 is 10.1 Å². The maximum Gasteiger partial charge on any atom is 0.223 e. The van der Waals surface area contributed by atoms with E-state index in [1.165, 1.54) is 0 Å². The molecule has 0 unspecified atom stereocenters. The fourth-order valence-corrected chi connectivity index (χ4v) is 2.47. The lowest BCUT2D eigenvalue weighted by Gasteiger charge is -2.22. The molecule has 116 valence electrons. The summed E-state index contributed by atoms with van der Waals surface area (Å²) in [6, 6.07) is 9.75. The number of hydrogen-bond donors (Lipinski definition) is 1. The zero-order valence-electron chi connectivity index (χ0n) is 12.6. The van der Waals surface area contributed by atoms with E-state index in [9.17, 15) is 4.79 Å². The van der Waals surface area contributed by atoms with Gasteiger partial charge >= 0.3 is 0 Å². The average Bonchev–Trinajstić information content (AvgIpc) is 2.99. The molecule has 2 aromatic rings. The van der Waals surface area contributed by atoms with Gasteiger partial charge in [-0.15, -0.1) is 5.10 Å². The molecule has 0 aliphatic carbocycles. The van der Waals surface area contributed by atoms with Crippen molar-refractivity contribution in [3.8, 4) is 0 Å². The molecule has 0 saturated carbocycles. The van der Waals surface area contributed by atoms with Crippen LogP contribution in [0.5, 0.6) is 0 Å². The zero-order chi connectivity index (χ0) is 15.4. The molecule has 3 rings (SSSR count). The van der Waals surface area contributed by atoms with Gasteiger partial charge in [-0.3, -0.25) is 9.48 Å². The molecule has 0 spiro atoms. The van der Waals surface area contributed by atoms with Crippen molar-refractivity contribution in [2.24, 2.45) is 5.92 Å². The van der Waals surface area contributed by atoms with Crippen molar-refractivity contribution in [3.05, 3.63) is 47.8 Å². The van der Waals surface area contributed by atoms with Crippen molar-refractivity contribution in [1.82, 2.24) is 20.3 Å². The Morgan fingerprint density at radius 3 is 2.95 bits per heavy atom. The predicted molar refractivity (Wildman–Crippen MR) is 80.8 cm³/mol. The molecule has 2 bridgehead atoms. The second kappa shape index (κ2) is 6.70. The van der Waals surface area contributed by atoms with Crippen molar-refractivity contribution in [2.45, 2.75) is 32.5 Å². The highest BCUT2D eigenvalue weighted by molar-refractivity contribution is 5.78. The van der Waals surface area contributed by atoms with E-state index in [0.29, 0.717) is 19.8 Å². The summed E-state index contributed by atoms with van der Waals surface area (Å²) in [6.07, 6.45) is 2.61. The van der Waals surface area contributed by atoms with Crippen LogP contribution in [0.3, 0.4) is 0 Å². The Hall–Kier alpha value is -2.21. The summed E-state index contributed by atoms with van der Waals surface area (Å²) in [5.74, 6) is -0.0448. The Morgan fingerprint density at radius 1 is 1.32 bits per heavy atom. The van der Waals surface area contributed by atoms with Gasteiger partial charge in [0.15, 0.2) is 0 Å². The maximum atomic E-state index is 12.4. The number of aryl methyl sites for hydroxylation is 1. The second-order valence-electron chi connectivity index (χ2n) is 5.65. The second-order valence-corrected chi connectivity index (χ2v) is 5.65. The van der Waals surface area contributed by atoms with E-state index in [1.54, 1.807) is 4.68 Å². The molecule has 0 radical (unpaired) electrons. The van der Waals surface area contributed by atoms with Crippen LogP contribution in [0.15, 0.2) is 36.5 Å². The number of aromatic nitrogens is 3. The number of benzene rings is 1. The molecule has 6 nitrogen and oxygen atoms in total. The average molecular weight is 300 g/mol. The Balaban J connectivity index is 1.80. The predicted octanol–water partition coefficient (Wildman–Crippen LogP) is 1.69. The molecular formula is C16H20N4O2. The van der Waals surface area contributed by atoms with Crippen LogP contribution in [-0.4, -0.2) is 27.5 Å². The van der Waals surface area contributed by atoms with Crippen LogP contribution >= 0.6 is 0 Å².